The monoisotopic (exact) mass is 177 g/mol. The van der Waals surface area contributed by atoms with E-state index in [1.54, 1.807) is 6.07 Å². The fourth-order valence-electron chi connectivity index (χ4n) is 0.954. The van der Waals surface area contributed by atoms with Crippen LogP contribution in [0.3, 0.4) is 0 Å². The van der Waals surface area contributed by atoms with E-state index < -0.39 is 0 Å². The number of nitriles is 1. The van der Waals surface area contributed by atoms with E-state index in [2.05, 4.69) is 10.3 Å². The highest BCUT2D eigenvalue weighted by molar-refractivity contribution is 5.44. The summed E-state index contributed by atoms with van der Waals surface area (Å²) in [6.07, 6.45) is 1.52. The fraction of sp³-hybridized carbons (Fsp3) is 0.333. The summed E-state index contributed by atoms with van der Waals surface area (Å²) in [5.41, 5.74) is 1.47. The summed E-state index contributed by atoms with van der Waals surface area (Å²) in [5, 5.41) is 20.1. The standard InChI is InChI=1S/C9H11N3O/c1-7-4-9(11-2-3-13)12-6-8(7)5-10/h4,6,13H,2-3H2,1H3,(H,11,12). The molecule has 0 unspecified atom stereocenters. The van der Waals surface area contributed by atoms with E-state index in [1.807, 2.05) is 13.0 Å². The smallest absolute Gasteiger partial charge is 0.126 e. The summed E-state index contributed by atoms with van der Waals surface area (Å²) < 4.78 is 0. The van der Waals surface area contributed by atoms with Crippen molar-refractivity contribution >= 4 is 5.82 Å². The zero-order chi connectivity index (χ0) is 9.68. The molecule has 1 rings (SSSR count). The van der Waals surface area contributed by atoms with Crippen LogP contribution in [0.4, 0.5) is 5.82 Å². The Kier molecular flexibility index (Phi) is 3.23. The molecule has 0 aliphatic heterocycles. The summed E-state index contributed by atoms with van der Waals surface area (Å²) in [4.78, 5) is 4.00. The van der Waals surface area contributed by atoms with Gasteiger partial charge in [-0.25, -0.2) is 4.98 Å². The topological polar surface area (TPSA) is 68.9 Å². The third kappa shape index (κ3) is 2.42. The molecule has 0 aromatic carbocycles. The van der Waals surface area contributed by atoms with Crippen LogP contribution in [0.1, 0.15) is 11.1 Å². The lowest BCUT2D eigenvalue weighted by atomic mass is 10.2. The Bertz CT molecular complexity index is 330. The van der Waals surface area contributed by atoms with Gasteiger partial charge in [-0.3, -0.25) is 0 Å². The predicted molar refractivity (Wildman–Crippen MR) is 49.3 cm³/mol. The Balaban J connectivity index is 2.79. The molecule has 0 bridgehead atoms. The molecule has 13 heavy (non-hydrogen) atoms. The number of nitrogens with one attached hydrogen (secondary N) is 1. The van der Waals surface area contributed by atoms with Crippen molar-refractivity contribution in [3.05, 3.63) is 23.4 Å². The van der Waals surface area contributed by atoms with E-state index in [1.165, 1.54) is 6.20 Å². The van der Waals surface area contributed by atoms with Crippen LogP contribution in [0, 0.1) is 18.3 Å². The molecular formula is C9H11N3O. The molecule has 4 nitrogen and oxygen atoms in total. The minimum Gasteiger partial charge on any atom is -0.395 e. The number of hydrogen-bond acceptors (Lipinski definition) is 4. The molecule has 0 fully saturated rings. The second-order valence-electron chi connectivity index (χ2n) is 2.65. The summed E-state index contributed by atoms with van der Waals surface area (Å²) in [5.74, 6) is 0.686. The van der Waals surface area contributed by atoms with Crippen LogP contribution in [0.5, 0.6) is 0 Å². The Morgan fingerprint density at radius 1 is 1.69 bits per heavy atom. The maximum Gasteiger partial charge on any atom is 0.126 e. The minimum atomic E-state index is 0.0702. The molecule has 0 saturated carbocycles. The molecule has 0 amide bonds. The summed E-state index contributed by atoms with van der Waals surface area (Å²) in [6.45, 7) is 2.39. The molecule has 0 aliphatic carbocycles. The molecule has 0 aliphatic rings. The molecule has 4 heteroatoms. The Morgan fingerprint density at radius 2 is 2.46 bits per heavy atom. The highest BCUT2D eigenvalue weighted by Crippen LogP contribution is 2.09. The number of rotatable bonds is 3. The number of anilines is 1. The Morgan fingerprint density at radius 3 is 3.00 bits per heavy atom. The van der Waals surface area contributed by atoms with Crippen molar-refractivity contribution in [1.29, 1.82) is 5.26 Å². The van der Waals surface area contributed by atoms with Crippen molar-refractivity contribution in [3.8, 4) is 6.07 Å². The lowest BCUT2D eigenvalue weighted by Crippen LogP contribution is -2.07. The van der Waals surface area contributed by atoms with Crippen molar-refractivity contribution in [2.45, 2.75) is 6.92 Å². The third-order valence-corrected chi connectivity index (χ3v) is 1.65. The maximum absolute atomic E-state index is 8.63. The number of pyridine rings is 1. The van der Waals surface area contributed by atoms with Gasteiger partial charge in [-0.2, -0.15) is 5.26 Å². The number of aliphatic hydroxyl groups is 1. The van der Waals surface area contributed by atoms with Gasteiger partial charge in [-0.15, -0.1) is 0 Å². The van der Waals surface area contributed by atoms with Crippen LogP contribution >= 0.6 is 0 Å². The molecule has 1 heterocycles. The van der Waals surface area contributed by atoms with Crippen LogP contribution in [-0.4, -0.2) is 23.2 Å². The number of hydrogen-bond donors (Lipinski definition) is 2. The second kappa shape index (κ2) is 4.43. The summed E-state index contributed by atoms with van der Waals surface area (Å²) in [7, 11) is 0. The normalized spacial score (nSPS) is 9.31. The zero-order valence-corrected chi connectivity index (χ0v) is 7.41. The second-order valence-corrected chi connectivity index (χ2v) is 2.65. The summed E-state index contributed by atoms with van der Waals surface area (Å²) in [6, 6.07) is 3.82. The van der Waals surface area contributed by atoms with Crippen LogP contribution in [0.25, 0.3) is 0 Å². The molecule has 68 valence electrons. The number of nitrogens with zero attached hydrogens (tertiary/aromatic N) is 2. The van der Waals surface area contributed by atoms with E-state index in [4.69, 9.17) is 10.4 Å². The fourth-order valence-corrected chi connectivity index (χ4v) is 0.954. The first-order valence-corrected chi connectivity index (χ1v) is 3.99. The van der Waals surface area contributed by atoms with Gasteiger partial charge >= 0.3 is 0 Å². The lowest BCUT2D eigenvalue weighted by Gasteiger charge is -2.04. The van der Waals surface area contributed by atoms with Crippen LogP contribution in [0.2, 0.25) is 0 Å². The first-order valence-electron chi connectivity index (χ1n) is 3.99. The first-order chi connectivity index (χ1) is 6.27. The van der Waals surface area contributed by atoms with Gasteiger partial charge in [0.2, 0.25) is 0 Å². The molecule has 0 atom stereocenters. The zero-order valence-electron chi connectivity index (χ0n) is 7.41. The SMILES string of the molecule is Cc1cc(NCCO)ncc1C#N. The maximum atomic E-state index is 8.63. The van der Waals surface area contributed by atoms with Crippen LogP contribution in [-0.2, 0) is 0 Å². The van der Waals surface area contributed by atoms with Crippen molar-refractivity contribution in [1.82, 2.24) is 4.98 Å². The first kappa shape index (κ1) is 9.49. The number of aliphatic hydroxyl groups excluding tert-OH is 1. The van der Waals surface area contributed by atoms with Gasteiger partial charge in [-0.05, 0) is 18.6 Å². The molecule has 0 spiro atoms. The molecule has 2 N–H and O–H groups in total. The largest absolute Gasteiger partial charge is 0.395 e. The Hall–Kier alpha value is -1.60. The summed E-state index contributed by atoms with van der Waals surface area (Å²) >= 11 is 0. The van der Waals surface area contributed by atoms with Gasteiger partial charge in [0.05, 0.1) is 12.2 Å². The van der Waals surface area contributed by atoms with Crippen molar-refractivity contribution in [2.75, 3.05) is 18.5 Å². The molecule has 0 saturated heterocycles. The van der Waals surface area contributed by atoms with E-state index in [9.17, 15) is 0 Å². The lowest BCUT2D eigenvalue weighted by molar-refractivity contribution is 0.311. The molecule has 0 radical (unpaired) electrons. The van der Waals surface area contributed by atoms with Gasteiger partial charge in [0.15, 0.2) is 0 Å². The van der Waals surface area contributed by atoms with E-state index >= 15 is 0 Å². The van der Waals surface area contributed by atoms with E-state index in [0.29, 0.717) is 17.9 Å². The van der Waals surface area contributed by atoms with Crippen molar-refractivity contribution < 1.29 is 5.11 Å². The quantitative estimate of drug-likeness (QED) is 0.711. The third-order valence-electron chi connectivity index (χ3n) is 1.65. The van der Waals surface area contributed by atoms with Gasteiger partial charge in [-0.1, -0.05) is 0 Å². The number of aryl methyl sites for hydroxylation is 1. The van der Waals surface area contributed by atoms with E-state index in [-0.39, 0.29) is 6.61 Å². The average Bonchev–Trinajstić information content (AvgIpc) is 2.15. The molecular weight excluding hydrogens is 166 g/mol. The van der Waals surface area contributed by atoms with Crippen molar-refractivity contribution in [3.63, 3.8) is 0 Å². The van der Waals surface area contributed by atoms with Gasteiger partial charge < -0.3 is 10.4 Å². The Labute approximate surface area is 76.8 Å². The highest BCUT2D eigenvalue weighted by atomic mass is 16.3. The molecule has 1 aromatic rings. The van der Waals surface area contributed by atoms with E-state index in [0.717, 1.165) is 5.56 Å². The van der Waals surface area contributed by atoms with Gasteiger partial charge in [0, 0.05) is 12.7 Å². The van der Waals surface area contributed by atoms with Crippen LogP contribution < -0.4 is 5.32 Å². The average molecular weight is 177 g/mol. The number of aromatic nitrogens is 1. The minimum absolute atomic E-state index is 0.0702. The van der Waals surface area contributed by atoms with Gasteiger partial charge in [0.25, 0.3) is 0 Å². The van der Waals surface area contributed by atoms with Crippen LogP contribution in [0.15, 0.2) is 12.3 Å². The molecule has 1 aromatic heterocycles. The van der Waals surface area contributed by atoms with Crippen molar-refractivity contribution in [2.24, 2.45) is 0 Å². The highest BCUT2D eigenvalue weighted by Gasteiger charge is 1.98. The van der Waals surface area contributed by atoms with Gasteiger partial charge in [0.1, 0.15) is 11.9 Å². The predicted octanol–water partition coefficient (Wildman–Crippen LogP) is 0.666.